The van der Waals surface area contributed by atoms with Crippen LogP contribution in [0.25, 0.3) is 0 Å². The van der Waals surface area contributed by atoms with Crippen LogP contribution in [0.2, 0.25) is 0 Å². The van der Waals surface area contributed by atoms with Gasteiger partial charge in [-0.1, -0.05) is 0 Å². The Morgan fingerprint density at radius 1 is 1.45 bits per heavy atom. The SMILES string of the molecule is Cc1occc1C(=O)NC1CCN(Cc2sccc2Br)CC1. The van der Waals surface area contributed by atoms with Crippen molar-refractivity contribution in [3.05, 3.63) is 44.4 Å². The number of amides is 1. The van der Waals surface area contributed by atoms with E-state index in [0.717, 1.165) is 32.5 Å². The molecule has 1 aliphatic rings. The van der Waals surface area contributed by atoms with Crippen LogP contribution in [0.5, 0.6) is 0 Å². The highest BCUT2D eigenvalue weighted by Gasteiger charge is 2.22. The second kappa shape index (κ2) is 6.98. The maximum Gasteiger partial charge on any atom is 0.255 e. The summed E-state index contributed by atoms with van der Waals surface area (Å²) in [5.41, 5.74) is 0.643. The van der Waals surface area contributed by atoms with Gasteiger partial charge in [0.05, 0.1) is 11.8 Å². The number of nitrogens with zero attached hydrogens (tertiary/aromatic N) is 1. The zero-order chi connectivity index (χ0) is 15.5. The molecule has 0 spiro atoms. The van der Waals surface area contributed by atoms with Gasteiger partial charge in [-0.3, -0.25) is 9.69 Å². The van der Waals surface area contributed by atoms with Gasteiger partial charge in [-0.05, 0) is 53.2 Å². The molecular formula is C16H19BrN2O2S. The van der Waals surface area contributed by atoms with E-state index in [0.29, 0.717) is 11.3 Å². The minimum absolute atomic E-state index is 0.0225. The molecule has 3 rings (SSSR count). The van der Waals surface area contributed by atoms with Crippen molar-refractivity contribution >= 4 is 33.2 Å². The summed E-state index contributed by atoms with van der Waals surface area (Å²) in [4.78, 5) is 16.0. The summed E-state index contributed by atoms with van der Waals surface area (Å²) >= 11 is 5.37. The number of halogens is 1. The topological polar surface area (TPSA) is 45.5 Å². The molecule has 118 valence electrons. The lowest BCUT2D eigenvalue weighted by Crippen LogP contribution is -2.44. The van der Waals surface area contributed by atoms with Crippen LogP contribution < -0.4 is 5.32 Å². The number of furan rings is 1. The molecule has 2 aromatic heterocycles. The molecule has 22 heavy (non-hydrogen) atoms. The molecule has 0 atom stereocenters. The predicted molar refractivity (Wildman–Crippen MR) is 91.2 cm³/mol. The molecule has 1 amide bonds. The molecule has 1 fully saturated rings. The lowest BCUT2D eigenvalue weighted by atomic mass is 10.0. The molecule has 4 nitrogen and oxygen atoms in total. The van der Waals surface area contributed by atoms with Crippen LogP contribution in [0.1, 0.15) is 33.8 Å². The van der Waals surface area contributed by atoms with Gasteiger partial charge in [0.2, 0.25) is 0 Å². The molecule has 1 aliphatic heterocycles. The molecule has 1 N–H and O–H groups in total. The van der Waals surface area contributed by atoms with Gasteiger partial charge in [-0.15, -0.1) is 11.3 Å². The van der Waals surface area contributed by atoms with Crippen LogP contribution in [0.15, 0.2) is 32.7 Å². The zero-order valence-corrected chi connectivity index (χ0v) is 14.9. The average Bonchev–Trinajstić information content (AvgIpc) is 3.10. The fourth-order valence-electron chi connectivity index (χ4n) is 2.76. The van der Waals surface area contributed by atoms with Crippen LogP contribution in [-0.2, 0) is 6.54 Å². The Balaban J connectivity index is 1.49. The van der Waals surface area contributed by atoms with Gasteiger partial charge in [0.1, 0.15) is 5.76 Å². The molecule has 0 radical (unpaired) electrons. The number of carbonyl (C=O) groups excluding carboxylic acids is 1. The average molecular weight is 383 g/mol. The van der Waals surface area contributed by atoms with Crippen molar-refractivity contribution < 1.29 is 9.21 Å². The summed E-state index contributed by atoms with van der Waals surface area (Å²) in [6.45, 7) is 4.83. The molecule has 0 bridgehead atoms. The molecule has 6 heteroatoms. The normalized spacial score (nSPS) is 16.8. The van der Waals surface area contributed by atoms with Gasteiger partial charge in [0.15, 0.2) is 0 Å². The van der Waals surface area contributed by atoms with Crippen molar-refractivity contribution in [2.75, 3.05) is 13.1 Å². The lowest BCUT2D eigenvalue weighted by molar-refractivity contribution is 0.0907. The van der Waals surface area contributed by atoms with Crippen LogP contribution in [0, 0.1) is 6.92 Å². The Labute approximate surface area is 142 Å². The second-order valence-electron chi connectivity index (χ2n) is 5.61. The molecule has 0 saturated carbocycles. The minimum atomic E-state index is -0.0225. The van der Waals surface area contributed by atoms with Gasteiger partial charge >= 0.3 is 0 Å². The van der Waals surface area contributed by atoms with E-state index in [2.05, 4.69) is 37.6 Å². The van der Waals surface area contributed by atoms with Crippen molar-refractivity contribution in [3.8, 4) is 0 Å². The fraction of sp³-hybridized carbons (Fsp3) is 0.438. The zero-order valence-electron chi connectivity index (χ0n) is 12.5. The number of hydrogen-bond donors (Lipinski definition) is 1. The first-order chi connectivity index (χ1) is 10.6. The Morgan fingerprint density at radius 2 is 2.23 bits per heavy atom. The van der Waals surface area contributed by atoms with E-state index in [-0.39, 0.29) is 11.9 Å². The van der Waals surface area contributed by atoms with E-state index >= 15 is 0 Å². The van der Waals surface area contributed by atoms with Gasteiger partial charge in [0, 0.05) is 35.0 Å². The van der Waals surface area contributed by atoms with E-state index in [9.17, 15) is 4.79 Å². The van der Waals surface area contributed by atoms with Crippen molar-refractivity contribution in [1.82, 2.24) is 10.2 Å². The number of thiophene rings is 1. The highest BCUT2D eigenvalue weighted by Crippen LogP contribution is 2.25. The smallest absolute Gasteiger partial charge is 0.255 e. The maximum atomic E-state index is 12.2. The third-order valence-corrected chi connectivity index (χ3v) is 6.00. The molecule has 0 aromatic carbocycles. The lowest BCUT2D eigenvalue weighted by Gasteiger charge is -2.32. The van der Waals surface area contributed by atoms with Gasteiger partial charge in [-0.2, -0.15) is 0 Å². The first-order valence-electron chi connectivity index (χ1n) is 7.42. The van der Waals surface area contributed by atoms with Crippen LogP contribution >= 0.6 is 27.3 Å². The highest BCUT2D eigenvalue weighted by atomic mass is 79.9. The molecule has 0 aliphatic carbocycles. The van der Waals surface area contributed by atoms with Crippen molar-refractivity contribution in [2.24, 2.45) is 0 Å². The van der Waals surface area contributed by atoms with Crippen molar-refractivity contribution in [3.63, 3.8) is 0 Å². The Bertz CT molecular complexity index is 644. The number of carbonyl (C=O) groups is 1. The molecule has 0 unspecified atom stereocenters. The number of rotatable bonds is 4. The Morgan fingerprint density at radius 3 is 2.82 bits per heavy atom. The van der Waals surface area contributed by atoms with Crippen molar-refractivity contribution in [2.45, 2.75) is 32.4 Å². The summed E-state index contributed by atoms with van der Waals surface area (Å²) in [7, 11) is 0. The van der Waals surface area contributed by atoms with Crippen LogP contribution in [0.4, 0.5) is 0 Å². The summed E-state index contributed by atoms with van der Waals surface area (Å²) in [5, 5.41) is 5.23. The summed E-state index contributed by atoms with van der Waals surface area (Å²) < 4.78 is 6.39. The quantitative estimate of drug-likeness (QED) is 0.874. The number of piperidine rings is 1. The molecule has 3 heterocycles. The van der Waals surface area contributed by atoms with Gasteiger partial charge in [0.25, 0.3) is 5.91 Å². The monoisotopic (exact) mass is 382 g/mol. The first kappa shape index (κ1) is 15.8. The number of likely N-dealkylation sites (tertiary alicyclic amines) is 1. The summed E-state index contributed by atoms with van der Waals surface area (Å²) in [5.74, 6) is 0.656. The van der Waals surface area contributed by atoms with Gasteiger partial charge < -0.3 is 9.73 Å². The largest absolute Gasteiger partial charge is 0.469 e. The van der Waals surface area contributed by atoms with E-state index < -0.39 is 0 Å². The molecule has 2 aromatic rings. The highest BCUT2D eigenvalue weighted by molar-refractivity contribution is 9.10. The molecule has 1 saturated heterocycles. The van der Waals surface area contributed by atoms with E-state index in [4.69, 9.17) is 4.42 Å². The Kier molecular flexibility index (Phi) is 5.00. The Hall–Kier alpha value is -1.11. The second-order valence-corrected chi connectivity index (χ2v) is 7.46. The summed E-state index contributed by atoms with van der Waals surface area (Å²) in [6.07, 6.45) is 3.54. The fourth-order valence-corrected chi connectivity index (χ4v) is 4.28. The standard InChI is InChI=1S/C16H19BrN2O2S/c1-11-13(4-8-21-11)16(20)18-12-2-6-19(7-3-12)10-15-14(17)5-9-22-15/h4-5,8-9,12H,2-3,6-7,10H2,1H3,(H,18,20). The van der Waals surface area contributed by atoms with E-state index in [1.54, 1.807) is 23.7 Å². The first-order valence-corrected chi connectivity index (χ1v) is 9.10. The summed E-state index contributed by atoms with van der Waals surface area (Å²) in [6, 6.07) is 4.08. The number of hydrogen-bond acceptors (Lipinski definition) is 4. The third-order valence-electron chi connectivity index (χ3n) is 4.08. The maximum absolute atomic E-state index is 12.2. The molecular weight excluding hydrogens is 364 g/mol. The van der Waals surface area contributed by atoms with E-state index in [1.165, 1.54) is 9.35 Å². The predicted octanol–water partition coefficient (Wildman–Crippen LogP) is 3.81. The third kappa shape index (κ3) is 3.62. The number of nitrogens with one attached hydrogen (secondary N) is 1. The van der Waals surface area contributed by atoms with Crippen molar-refractivity contribution in [1.29, 1.82) is 0 Å². The minimum Gasteiger partial charge on any atom is -0.469 e. The van der Waals surface area contributed by atoms with E-state index in [1.807, 2.05) is 6.92 Å². The number of aryl methyl sites for hydroxylation is 1. The van der Waals surface area contributed by atoms with Crippen LogP contribution in [-0.4, -0.2) is 29.9 Å². The van der Waals surface area contributed by atoms with Gasteiger partial charge in [-0.25, -0.2) is 0 Å². The van der Waals surface area contributed by atoms with Crippen LogP contribution in [0.3, 0.4) is 0 Å².